The molecule has 2 rings (SSSR count). The molecular formula is C16H21N3O2S. The Morgan fingerprint density at radius 1 is 1.36 bits per heavy atom. The maximum atomic E-state index is 11.5. The molecule has 0 atom stereocenters. The summed E-state index contributed by atoms with van der Waals surface area (Å²) in [6, 6.07) is 7.60. The van der Waals surface area contributed by atoms with Gasteiger partial charge in [-0.2, -0.15) is 0 Å². The van der Waals surface area contributed by atoms with Crippen molar-refractivity contribution in [1.82, 2.24) is 9.62 Å². The molecule has 5 nitrogen and oxygen atoms in total. The summed E-state index contributed by atoms with van der Waals surface area (Å²) in [5.74, 6) is 0.0693. The van der Waals surface area contributed by atoms with Crippen molar-refractivity contribution in [2.75, 3.05) is 25.0 Å². The van der Waals surface area contributed by atoms with Gasteiger partial charge in [-0.05, 0) is 55.1 Å². The average Bonchev–Trinajstić information content (AvgIpc) is 2.94. The zero-order valence-electron chi connectivity index (χ0n) is 12.5. The van der Waals surface area contributed by atoms with Crippen molar-refractivity contribution in [3.63, 3.8) is 0 Å². The molecule has 0 aromatic heterocycles. The summed E-state index contributed by atoms with van der Waals surface area (Å²) >= 11 is 1.55. The molecule has 1 aliphatic rings. The lowest BCUT2D eigenvalue weighted by molar-refractivity contribution is -0.127. The van der Waals surface area contributed by atoms with Gasteiger partial charge in [0.05, 0.1) is 0 Å². The molecule has 1 heterocycles. The van der Waals surface area contributed by atoms with Crippen LogP contribution < -0.4 is 10.0 Å². The van der Waals surface area contributed by atoms with E-state index in [1.54, 1.807) is 11.9 Å². The van der Waals surface area contributed by atoms with Gasteiger partial charge in [-0.1, -0.05) is 6.58 Å². The first-order chi connectivity index (χ1) is 10.7. The predicted octanol–water partition coefficient (Wildman–Crippen LogP) is 2.42. The first-order valence-electron chi connectivity index (χ1n) is 7.40. The third kappa shape index (κ3) is 5.20. The fourth-order valence-corrected chi connectivity index (χ4v) is 2.90. The standard InChI is InChI=1S/C16H21N3O2S/c1-2-15(20)18-13-6-8-14(9-7-13)22-17-10-4-12-19-11-3-5-16(19)21/h2,6-9,17H,1,3-5,10-12H2,(H,18,20). The highest BCUT2D eigenvalue weighted by Gasteiger charge is 2.18. The van der Waals surface area contributed by atoms with Crippen LogP contribution in [0.5, 0.6) is 0 Å². The summed E-state index contributed by atoms with van der Waals surface area (Å²) in [4.78, 5) is 25.6. The summed E-state index contributed by atoms with van der Waals surface area (Å²) in [5.41, 5.74) is 0.752. The molecule has 2 N–H and O–H groups in total. The van der Waals surface area contributed by atoms with E-state index >= 15 is 0 Å². The van der Waals surface area contributed by atoms with Crippen LogP contribution >= 0.6 is 11.9 Å². The van der Waals surface area contributed by atoms with Gasteiger partial charge < -0.3 is 10.2 Å². The lowest BCUT2D eigenvalue weighted by Gasteiger charge is -2.15. The highest BCUT2D eigenvalue weighted by molar-refractivity contribution is 7.97. The fraction of sp³-hybridized carbons (Fsp3) is 0.375. The number of likely N-dealkylation sites (tertiary alicyclic amines) is 1. The van der Waals surface area contributed by atoms with E-state index in [0.717, 1.165) is 43.1 Å². The fourth-order valence-electron chi connectivity index (χ4n) is 2.22. The van der Waals surface area contributed by atoms with Crippen molar-refractivity contribution >= 4 is 29.4 Å². The van der Waals surface area contributed by atoms with E-state index in [4.69, 9.17) is 0 Å². The Hall–Kier alpha value is -1.79. The Balaban J connectivity index is 1.63. The van der Waals surface area contributed by atoms with Gasteiger partial charge in [-0.3, -0.25) is 14.3 Å². The van der Waals surface area contributed by atoms with Crippen LogP contribution in [0.25, 0.3) is 0 Å². The van der Waals surface area contributed by atoms with Crippen LogP contribution in [-0.2, 0) is 9.59 Å². The molecule has 0 radical (unpaired) electrons. The van der Waals surface area contributed by atoms with Crippen LogP contribution in [0.4, 0.5) is 5.69 Å². The number of nitrogens with zero attached hydrogens (tertiary/aromatic N) is 1. The Morgan fingerprint density at radius 2 is 2.14 bits per heavy atom. The van der Waals surface area contributed by atoms with Gasteiger partial charge in [0, 0.05) is 36.6 Å². The highest BCUT2D eigenvalue weighted by atomic mass is 32.2. The number of hydrogen-bond acceptors (Lipinski definition) is 4. The quantitative estimate of drug-likeness (QED) is 0.439. The van der Waals surface area contributed by atoms with E-state index in [1.807, 2.05) is 29.2 Å². The number of rotatable bonds is 8. The number of anilines is 1. The van der Waals surface area contributed by atoms with Crippen LogP contribution in [0.2, 0.25) is 0 Å². The van der Waals surface area contributed by atoms with Crippen molar-refractivity contribution in [1.29, 1.82) is 0 Å². The van der Waals surface area contributed by atoms with Crippen LogP contribution in [0.15, 0.2) is 41.8 Å². The predicted molar refractivity (Wildman–Crippen MR) is 89.6 cm³/mol. The minimum atomic E-state index is -0.213. The Labute approximate surface area is 135 Å². The number of hydrogen-bond donors (Lipinski definition) is 2. The number of carbonyl (C=O) groups is 2. The maximum Gasteiger partial charge on any atom is 0.247 e. The summed E-state index contributed by atoms with van der Waals surface area (Å²) in [7, 11) is 0. The van der Waals surface area contributed by atoms with Crippen molar-refractivity contribution in [3.05, 3.63) is 36.9 Å². The topological polar surface area (TPSA) is 61.4 Å². The number of benzene rings is 1. The monoisotopic (exact) mass is 319 g/mol. The van der Waals surface area contributed by atoms with Gasteiger partial charge in [0.15, 0.2) is 0 Å². The van der Waals surface area contributed by atoms with Crippen LogP contribution in [-0.4, -0.2) is 36.3 Å². The van der Waals surface area contributed by atoms with E-state index in [2.05, 4.69) is 16.6 Å². The molecule has 118 valence electrons. The molecule has 2 amide bonds. The largest absolute Gasteiger partial charge is 0.343 e. The molecule has 6 heteroatoms. The number of carbonyl (C=O) groups excluding carboxylic acids is 2. The normalized spacial score (nSPS) is 14.2. The molecule has 0 saturated carbocycles. The summed E-state index contributed by atoms with van der Waals surface area (Å²) in [6.07, 6.45) is 3.90. The highest BCUT2D eigenvalue weighted by Crippen LogP contribution is 2.18. The molecule has 22 heavy (non-hydrogen) atoms. The SMILES string of the molecule is C=CC(=O)Nc1ccc(SNCCCN2CCCC2=O)cc1. The molecule has 1 saturated heterocycles. The second kappa shape index (κ2) is 8.60. The molecule has 1 aliphatic heterocycles. The first-order valence-corrected chi connectivity index (χ1v) is 8.21. The van der Waals surface area contributed by atoms with E-state index in [0.29, 0.717) is 6.42 Å². The van der Waals surface area contributed by atoms with E-state index < -0.39 is 0 Å². The molecule has 1 aromatic rings. The third-order valence-electron chi connectivity index (χ3n) is 3.38. The van der Waals surface area contributed by atoms with Crippen LogP contribution in [0, 0.1) is 0 Å². The molecular weight excluding hydrogens is 298 g/mol. The molecule has 1 fully saturated rings. The minimum absolute atomic E-state index is 0.213. The van der Waals surface area contributed by atoms with Gasteiger partial charge in [0.1, 0.15) is 0 Å². The lowest BCUT2D eigenvalue weighted by Crippen LogP contribution is -2.27. The van der Waals surface area contributed by atoms with Crippen molar-refractivity contribution in [2.45, 2.75) is 24.2 Å². The van der Waals surface area contributed by atoms with Gasteiger partial charge in [-0.25, -0.2) is 0 Å². The summed E-state index contributed by atoms with van der Waals surface area (Å²) in [6.45, 7) is 6.00. The second-order valence-electron chi connectivity index (χ2n) is 5.05. The van der Waals surface area contributed by atoms with Gasteiger partial charge in [-0.15, -0.1) is 0 Å². The number of amides is 2. The average molecular weight is 319 g/mol. The van der Waals surface area contributed by atoms with E-state index in [9.17, 15) is 9.59 Å². The number of nitrogens with one attached hydrogen (secondary N) is 2. The van der Waals surface area contributed by atoms with Crippen molar-refractivity contribution < 1.29 is 9.59 Å². The molecule has 0 aliphatic carbocycles. The smallest absolute Gasteiger partial charge is 0.247 e. The molecule has 0 unspecified atom stereocenters. The van der Waals surface area contributed by atoms with Gasteiger partial charge in [0.2, 0.25) is 11.8 Å². The Bertz CT molecular complexity index is 531. The third-order valence-corrected chi connectivity index (χ3v) is 4.23. The maximum absolute atomic E-state index is 11.5. The molecule has 0 spiro atoms. The zero-order chi connectivity index (χ0) is 15.8. The molecule has 0 bridgehead atoms. The second-order valence-corrected chi connectivity index (χ2v) is 6.02. The first kappa shape index (κ1) is 16.6. The minimum Gasteiger partial charge on any atom is -0.343 e. The lowest BCUT2D eigenvalue weighted by atomic mass is 10.3. The zero-order valence-corrected chi connectivity index (χ0v) is 13.3. The van der Waals surface area contributed by atoms with Gasteiger partial charge >= 0.3 is 0 Å². The van der Waals surface area contributed by atoms with E-state index in [-0.39, 0.29) is 11.8 Å². The summed E-state index contributed by atoms with van der Waals surface area (Å²) in [5, 5.41) is 2.71. The van der Waals surface area contributed by atoms with Crippen LogP contribution in [0.3, 0.4) is 0 Å². The summed E-state index contributed by atoms with van der Waals surface area (Å²) < 4.78 is 3.29. The Kier molecular flexibility index (Phi) is 6.48. The van der Waals surface area contributed by atoms with Crippen LogP contribution in [0.1, 0.15) is 19.3 Å². The van der Waals surface area contributed by atoms with E-state index in [1.165, 1.54) is 6.08 Å². The van der Waals surface area contributed by atoms with Gasteiger partial charge in [0.25, 0.3) is 0 Å². The van der Waals surface area contributed by atoms with Crippen molar-refractivity contribution in [2.24, 2.45) is 0 Å². The Morgan fingerprint density at radius 3 is 2.77 bits per heavy atom. The molecule has 1 aromatic carbocycles. The van der Waals surface area contributed by atoms with Crippen molar-refractivity contribution in [3.8, 4) is 0 Å².